The van der Waals surface area contributed by atoms with Gasteiger partial charge in [0, 0.05) is 11.3 Å². The van der Waals surface area contributed by atoms with Crippen molar-refractivity contribution in [3.63, 3.8) is 0 Å². The van der Waals surface area contributed by atoms with E-state index in [4.69, 9.17) is 9.47 Å². The van der Waals surface area contributed by atoms with Crippen LogP contribution < -0.4 is 14.8 Å². The third-order valence-corrected chi connectivity index (χ3v) is 4.31. The van der Waals surface area contributed by atoms with E-state index in [1.807, 2.05) is 68.4 Å². The van der Waals surface area contributed by atoms with E-state index in [9.17, 15) is 10.1 Å². The minimum absolute atomic E-state index is 0.00999. The van der Waals surface area contributed by atoms with Gasteiger partial charge in [-0.3, -0.25) is 4.79 Å². The highest BCUT2D eigenvalue weighted by atomic mass is 16.5. The number of hydrogen-bond donors (Lipinski definition) is 1. The number of nitrogens with zero attached hydrogens (tertiary/aromatic N) is 1. The maximum atomic E-state index is 12.6. The van der Waals surface area contributed by atoms with Crippen LogP contribution in [0.5, 0.6) is 11.5 Å². The zero-order valence-corrected chi connectivity index (χ0v) is 17.5. The molecule has 3 rings (SSSR count). The Labute approximate surface area is 182 Å². The van der Waals surface area contributed by atoms with Gasteiger partial charge in [-0.2, -0.15) is 5.26 Å². The van der Waals surface area contributed by atoms with Crippen molar-refractivity contribution in [2.24, 2.45) is 0 Å². The van der Waals surface area contributed by atoms with E-state index in [1.165, 1.54) is 6.08 Å². The number of carbonyl (C=O) groups is 1. The van der Waals surface area contributed by atoms with Gasteiger partial charge in [-0.1, -0.05) is 48.5 Å². The highest BCUT2D eigenvalue weighted by molar-refractivity contribution is 6.09. The summed E-state index contributed by atoms with van der Waals surface area (Å²) in [5.74, 6) is 0.829. The molecule has 31 heavy (non-hydrogen) atoms. The molecule has 1 N–H and O–H groups in total. The molecule has 0 atom stereocenters. The van der Waals surface area contributed by atoms with E-state index in [1.54, 1.807) is 30.3 Å². The van der Waals surface area contributed by atoms with Gasteiger partial charge in [0.05, 0.1) is 6.10 Å². The predicted molar refractivity (Wildman–Crippen MR) is 122 cm³/mol. The standard InChI is InChI=1S/C26H24N2O3/c1-19(2)31-25-11-7-6-10-21(25)16-22(17-27)26(29)28-23-12-14-24(15-13-23)30-18-20-8-4-3-5-9-20/h3-16,19H,18H2,1-2H3,(H,28,29)/b22-16+. The summed E-state index contributed by atoms with van der Waals surface area (Å²) in [6, 6.07) is 26.2. The molecular formula is C26H24N2O3. The van der Waals surface area contributed by atoms with Gasteiger partial charge in [-0.15, -0.1) is 0 Å². The van der Waals surface area contributed by atoms with E-state index in [-0.39, 0.29) is 11.7 Å². The zero-order chi connectivity index (χ0) is 22.1. The van der Waals surface area contributed by atoms with Gasteiger partial charge in [0.15, 0.2) is 0 Å². The van der Waals surface area contributed by atoms with E-state index in [2.05, 4.69) is 5.32 Å². The topological polar surface area (TPSA) is 71.3 Å². The Balaban J connectivity index is 1.66. The second kappa shape index (κ2) is 10.7. The van der Waals surface area contributed by atoms with Gasteiger partial charge in [0.2, 0.25) is 0 Å². The summed E-state index contributed by atoms with van der Waals surface area (Å²) in [7, 11) is 0. The van der Waals surface area contributed by atoms with Crippen LogP contribution in [0.1, 0.15) is 25.0 Å². The molecule has 0 saturated carbocycles. The van der Waals surface area contributed by atoms with Crippen molar-refractivity contribution in [2.75, 3.05) is 5.32 Å². The van der Waals surface area contributed by atoms with Crippen LogP contribution in [0.4, 0.5) is 5.69 Å². The van der Waals surface area contributed by atoms with Crippen LogP contribution in [0.15, 0.2) is 84.4 Å². The average molecular weight is 412 g/mol. The first-order valence-electron chi connectivity index (χ1n) is 10.0. The Morgan fingerprint density at radius 3 is 2.35 bits per heavy atom. The van der Waals surface area contributed by atoms with Crippen LogP contribution in [0.3, 0.4) is 0 Å². The molecule has 0 saturated heterocycles. The van der Waals surface area contributed by atoms with Crippen LogP contribution in [-0.2, 0) is 11.4 Å². The van der Waals surface area contributed by atoms with Gasteiger partial charge in [0.25, 0.3) is 5.91 Å². The molecule has 0 aliphatic carbocycles. The maximum Gasteiger partial charge on any atom is 0.266 e. The number of rotatable bonds is 8. The molecule has 0 heterocycles. The highest BCUT2D eigenvalue weighted by Gasteiger charge is 2.12. The molecule has 5 nitrogen and oxygen atoms in total. The lowest BCUT2D eigenvalue weighted by molar-refractivity contribution is -0.112. The normalized spacial score (nSPS) is 11.0. The molecule has 0 aliphatic rings. The van der Waals surface area contributed by atoms with Crippen molar-refractivity contribution < 1.29 is 14.3 Å². The summed E-state index contributed by atoms with van der Waals surface area (Å²) in [4.78, 5) is 12.6. The number of amides is 1. The van der Waals surface area contributed by atoms with Gasteiger partial charge >= 0.3 is 0 Å². The molecule has 0 spiro atoms. The summed E-state index contributed by atoms with van der Waals surface area (Å²) in [5.41, 5.74) is 2.31. The van der Waals surface area contributed by atoms with E-state index in [0.29, 0.717) is 29.4 Å². The fourth-order valence-corrected chi connectivity index (χ4v) is 2.84. The van der Waals surface area contributed by atoms with Crippen molar-refractivity contribution in [2.45, 2.75) is 26.6 Å². The van der Waals surface area contributed by atoms with Crippen molar-refractivity contribution >= 4 is 17.7 Å². The number of nitriles is 1. The summed E-state index contributed by atoms with van der Waals surface area (Å²) in [5, 5.41) is 12.2. The molecule has 0 fully saturated rings. The first kappa shape index (κ1) is 21.7. The third-order valence-electron chi connectivity index (χ3n) is 4.31. The lowest BCUT2D eigenvalue weighted by atomic mass is 10.1. The number of nitrogens with one attached hydrogen (secondary N) is 1. The van der Waals surface area contributed by atoms with Crippen LogP contribution in [-0.4, -0.2) is 12.0 Å². The average Bonchev–Trinajstić information content (AvgIpc) is 2.78. The summed E-state index contributed by atoms with van der Waals surface area (Å²) in [6.07, 6.45) is 1.52. The molecule has 156 valence electrons. The Hall–Kier alpha value is -4.04. The van der Waals surface area contributed by atoms with E-state index in [0.717, 1.165) is 5.56 Å². The molecular weight excluding hydrogens is 388 g/mol. The Bertz CT molecular complexity index is 1080. The zero-order valence-electron chi connectivity index (χ0n) is 17.5. The SMILES string of the molecule is CC(C)Oc1ccccc1/C=C(\C#N)C(=O)Nc1ccc(OCc2ccccc2)cc1. The van der Waals surface area contributed by atoms with Crippen LogP contribution in [0.25, 0.3) is 6.08 Å². The van der Waals surface area contributed by atoms with Crippen LogP contribution >= 0.6 is 0 Å². The predicted octanol–water partition coefficient (Wildman–Crippen LogP) is 5.60. The molecule has 0 bridgehead atoms. The van der Waals surface area contributed by atoms with Crippen molar-refractivity contribution in [1.29, 1.82) is 5.26 Å². The summed E-state index contributed by atoms with van der Waals surface area (Å²) < 4.78 is 11.5. The quantitative estimate of drug-likeness (QED) is 0.386. The van der Waals surface area contributed by atoms with E-state index >= 15 is 0 Å². The molecule has 0 aromatic heterocycles. The monoisotopic (exact) mass is 412 g/mol. The van der Waals surface area contributed by atoms with E-state index < -0.39 is 5.91 Å². The molecule has 0 radical (unpaired) electrons. The molecule has 3 aromatic carbocycles. The third kappa shape index (κ3) is 6.48. The summed E-state index contributed by atoms with van der Waals surface area (Å²) >= 11 is 0. The Kier molecular flexibility index (Phi) is 7.45. The number of ether oxygens (including phenoxy) is 2. The minimum atomic E-state index is -0.486. The number of carbonyl (C=O) groups excluding carboxylic acids is 1. The van der Waals surface area contributed by atoms with Gasteiger partial charge in [-0.05, 0) is 55.8 Å². The molecule has 3 aromatic rings. The highest BCUT2D eigenvalue weighted by Crippen LogP contribution is 2.23. The molecule has 0 aliphatic heterocycles. The fraction of sp³-hybridized carbons (Fsp3) is 0.154. The first-order valence-corrected chi connectivity index (χ1v) is 10.0. The molecule has 1 amide bonds. The van der Waals surface area contributed by atoms with Crippen LogP contribution in [0, 0.1) is 11.3 Å². The number of hydrogen-bond acceptors (Lipinski definition) is 4. The second-order valence-electron chi connectivity index (χ2n) is 7.13. The first-order chi connectivity index (χ1) is 15.0. The van der Waals surface area contributed by atoms with Crippen molar-refractivity contribution in [3.05, 3.63) is 95.6 Å². The lowest BCUT2D eigenvalue weighted by Crippen LogP contribution is -2.13. The molecule has 0 unspecified atom stereocenters. The second-order valence-corrected chi connectivity index (χ2v) is 7.13. The van der Waals surface area contributed by atoms with Crippen molar-refractivity contribution in [1.82, 2.24) is 0 Å². The van der Waals surface area contributed by atoms with Crippen molar-refractivity contribution in [3.8, 4) is 17.6 Å². The minimum Gasteiger partial charge on any atom is -0.490 e. The largest absolute Gasteiger partial charge is 0.490 e. The fourth-order valence-electron chi connectivity index (χ4n) is 2.84. The number of anilines is 1. The van der Waals surface area contributed by atoms with Crippen LogP contribution in [0.2, 0.25) is 0 Å². The number of benzene rings is 3. The lowest BCUT2D eigenvalue weighted by Gasteiger charge is -2.12. The summed E-state index contributed by atoms with van der Waals surface area (Å²) in [6.45, 7) is 4.31. The van der Waals surface area contributed by atoms with Gasteiger partial charge in [0.1, 0.15) is 29.7 Å². The Morgan fingerprint density at radius 2 is 1.68 bits per heavy atom. The van der Waals surface area contributed by atoms with Gasteiger partial charge in [-0.25, -0.2) is 0 Å². The Morgan fingerprint density at radius 1 is 1.00 bits per heavy atom. The smallest absolute Gasteiger partial charge is 0.266 e. The number of para-hydroxylation sites is 1. The maximum absolute atomic E-state index is 12.6. The van der Waals surface area contributed by atoms with Gasteiger partial charge < -0.3 is 14.8 Å². The molecule has 5 heteroatoms.